The van der Waals surface area contributed by atoms with Crippen LogP contribution in [0.5, 0.6) is 0 Å². The lowest BCUT2D eigenvalue weighted by molar-refractivity contribution is -0.133. The Kier molecular flexibility index (Phi) is 4.42. The third kappa shape index (κ3) is 2.86. The number of piperidine rings is 1. The molecule has 1 saturated heterocycles. The minimum atomic E-state index is -0.0790. The van der Waals surface area contributed by atoms with Crippen molar-refractivity contribution in [3.63, 3.8) is 0 Å². The van der Waals surface area contributed by atoms with Gasteiger partial charge in [0, 0.05) is 33.3 Å². The number of methoxy groups -OCH3 is 1. The number of carbonyl (C=O) groups excluding carboxylic acids is 1. The molecule has 1 amide bonds. The maximum Gasteiger partial charge on any atom is 0.330 e. The van der Waals surface area contributed by atoms with Crippen molar-refractivity contribution in [2.75, 3.05) is 26.8 Å². The van der Waals surface area contributed by atoms with Crippen LogP contribution >= 0.6 is 0 Å². The van der Waals surface area contributed by atoms with E-state index in [1.54, 1.807) is 29.5 Å². The lowest BCUT2D eigenvalue weighted by Crippen LogP contribution is -2.41. The first-order valence-electron chi connectivity index (χ1n) is 7.77. The molecule has 0 N–H and O–H groups in total. The van der Waals surface area contributed by atoms with Crippen molar-refractivity contribution in [2.45, 2.75) is 25.3 Å². The van der Waals surface area contributed by atoms with Crippen molar-refractivity contribution >= 4 is 17.1 Å². The van der Waals surface area contributed by atoms with E-state index in [2.05, 4.69) is 9.97 Å². The number of rotatable bonds is 4. The van der Waals surface area contributed by atoms with Crippen LogP contribution in [0, 0.1) is 0 Å². The molecule has 124 valence electrons. The molecule has 8 nitrogen and oxygen atoms in total. The first-order valence-corrected chi connectivity index (χ1v) is 7.77. The minimum absolute atomic E-state index is 0.0626. The van der Waals surface area contributed by atoms with Crippen LogP contribution in [0.15, 0.2) is 17.3 Å². The molecular formula is C15H21N5O3. The van der Waals surface area contributed by atoms with E-state index in [9.17, 15) is 9.59 Å². The smallest absolute Gasteiger partial charge is 0.330 e. The monoisotopic (exact) mass is 319 g/mol. The predicted octanol–water partition coefficient (Wildman–Crippen LogP) is 0.330. The lowest BCUT2D eigenvalue weighted by Gasteiger charge is -2.32. The molecule has 23 heavy (non-hydrogen) atoms. The number of carbonyl (C=O) groups is 1. The van der Waals surface area contributed by atoms with Gasteiger partial charge < -0.3 is 9.64 Å². The fraction of sp³-hybridized carbons (Fsp3) is 0.600. The van der Waals surface area contributed by atoms with Gasteiger partial charge >= 0.3 is 5.69 Å². The van der Waals surface area contributed by atoms with Crippen LogP contribution in [0.3, 0.4) is 0 Å². The van der Waals surface area contributed by atoms with E-state index in [4.69, 9.17) is 4.74 Å². The Balaban J connectivity index is 1.77. The Morgan fingerprint density at radius 1 is 1.39 bits per heavy atom. The van der Waals surface area contributed by atoms with Crippen LogP contribution < -0.4 is 5.69 Å². The quantitative estimate of drug-likeness (QED) is 0.811. The van der Waals surface area contributed by atoms with E-state index < -0.39 is 0 Å². The summed E-state index contributed by atoms with van der Waals surface area (Å²) in [6, 6.07) is 0.0626. The van der Waals surface area contributed by atoms with Crippen molar-refractivity contribution in [2.24, 2.45) is 7.05 Å². The van der Waals surface area contributed by atoms with Gasteiger partial charge in [0.25, 0.3) is 0 Å². The number of fused-ring (bicyclic) bond motifs is 1. The van der Waals surface area contributed by atoms with Crippen LogP contribution in [0.25, 0.3) is 11.2 Å². The molecule has 0 spiro atoms. The molecular weight excluding hydrogens is 298 g/mol. The molecule has 1 aliphatic heterocycles. The van der Waals surface area contributed by atoms with Gasteiger partial charge in [0.15, 0.2) is 5.65 Å². The van der Waals surface area contributed by atoms with Crippen LogP contribution in [0.4, 0.5) is 0 Å². The van der Waals surface area contributed by atoms with Gasteiger partial charge in [-0.25, -0.2) is 14.8 Å². The molecule has 1 aliphatic rings. The fourth-order valence-electron chi connectivity index (χ4n) is 3.14. The van der Waals surface area contributed by atoms with Gasteiger partial charge in [-0.2, -0.15) is 0 Å². The van der Waals surface area contributed by atoms with E-state index in [1.807, 2.05) is 4.90 Å². The van der Waals surface area contributed by atoms with Crippen molar-refractivity contribution < 1.29 is 9.53 Å². The molecule has 0 atom stereocenters. The van der Waals surface area contributed by atoms with E-state index >= 15 is 0 Å². The summed E-state index contributed by atoms with van der Waals surface area (Å²) in [6.07, 6.45) is 5.03. The largest absolute Gasteiger partial charge is 0.384 e. The normalized spacial score (nSPS) is 16.2. The summed E-state index contributed by atoms with van der Waals surface area (Å²) in [5.41, 5.74) is 1.32. The molecule has 0 aromatic carbocycles. The second-order valence-corrected chi connectivity index (χ2v) is 5.80. The second-order valence-electron chi connectivity index (χ2n) is 5.80. The van der Waals surface area contributed by atoms with Crippen molar-refractivity contribution in [3.8, 4) is 0 Å². The zero-order valence-corrected chi connectivity index (χ0v) is 13.4. The van der Waals surface area contributed by atoms with E-state index in [0.29, 0.717) is 31.8 Å². The fourth-order valence-corrected chi connectivity index (χ4v) is 3.14. The molecule has 2 aromatic rings. The molecule has 3 rings (SSSR count). The Labute approximate surface area is 133 Å². The number of amides is 1. The lowest BCUT2D eigenvalue weighted by atomic mass is 10.0. The number of aryl methyl sites for hydroxylation is 1. The van der Waals surface area contributed by atoms with Gasteiger partial charge in [0.1, 0.15) is 11.8 Å². The number of hydrogen-bond donors (Lipinski definition) is 0. The van der Waals surface area contributed by atoms with Gasteiger partial charge in [-0.1, -0.05) is 0 Å². The number of aromatic nitrogens is 4. The van der Waals surface area contributed by atoms with E-state index in [-0.39, 0.29) is 17.6 Å². The Hall–Kier alpha value is -2.22. The maximum atomic E-state index is 12.5. The van der Waals surface area contributed by atoms with Crippen LogP contribution in [-0.4, -0.2) is 56.7 Å². The summed E-state index contributed by atoms with van der Waals surface area (Å²) in [4.78, 5) is 34.6. The first kappa shape index (κ1) is 15.7. The highest BCUT2D eigenvalue weighted by atomic mass is 16.5. The number of likely N-dealkylation sites (tertiary alicyclic amines) is 1. The van der Waals surface area contributed by atoms with Crippen molar-refractivity contribution in [3.05, 3.63) is 23.0 Å². The number of imidazole rings is 1. The zero-order valence-electron chi connectivity index (χ0n) is 13.4. The molecule has 0 radical (unpaired) electrons. The topological polar surface area (TPSA) is 82.2 Å². The SMILES string of the molecule is COCCC(=O)N1CCC(n2c(=O)n(C)c3cncnc32)CC1. The standard InChI is InChI=1S/C15H21N5O3/c1-18-12-9-16-10-17-14(12)20(15(18)22)11-3-6-19(7-4-11)13(21)5-8-23-2/h9-11H,3-8H2,1-2H3. The zero-order chi connectivity index (χ0) is 16.4. The van der Waals surface area contributed by atoms with Gasteiger partial charge in [-0.3, -0.25) is 13.9 Å². The molecule has 3 heterocycles. The van der Waals surface area contributed by atoms with Gasteiger partial charge in [0.2, 0.25) is 5.91 Å². The predicted molar refractivity (Wildman–Crippen MR) is 84.1 cm³/mol. The highest BCUT2D eigenvalue weighted by molar-refractivity contribution is 5.76. The number of ether oxygens (including phenoxy) is 1. The van der Waals surface area contributed by atoms with Crippen molar-refractivity contribution in [1.29, 1.82) is 0 Å². The average Bonchev–Trinajstić information content (AvgIpc) is 2.84. The van der Waals surface area contributed by atoms with Crippen LogP contribution in [0.1, 0.15) is 25.3 Å². The molecule has 0 unspecified atom stereocenters. The summed E-state index contributed by atoms with van der Waals surface area (Å²) in [5, 5.41) is 0. The Morgan fingerprint density at radius 2 is 2.13 bits per heavy atom. The molecule has 2 aromatic heterocycles. The third-order valence-electron chi connectivity index (χ3n) is 4.46. The van der Waals surface area contributed by atoms with E-state index in [1.165, 1.54) is 6.33 Å². The number of hydrogen-bond acceptors (Lipinski definition) is 5. The molecule has 8 heteroatoms. The molecule has 1 fully saturated rings. The maximum absolute atomic E-state index is 12.5. The summed E-state index contributed by atoms with van der Waals surface area (Å²) >= 11 is 0. The first-order chi connectivity index (χ1) is 11.1. The summed E-state index contributed by atoms with van der Waals surface area (Å²) < 4.78 is 8.27. The van der Waals surface area contributed by atoms with Crippen LogP contribution in [-0.2, 0) is 16.6 Å². The van der Waals surface area contributed by atoms with Crippen LogP contribution in [0.2, 0.25) is 0 Å². The molecule has 0 saturated carbocycles. The molecule has 0 aliphatic carbocycles. The Morgan fingerprint density at radius 3 is 2.83 bits per heavy atom. The van der Waals surface area contributed by atoms with E-state index in [0.717, 1.165) is 18.4 Å². The number of nitrogens with zero attached hydrogens (tertiary/aromatic N) is 5. The van der Waals surface area contributed by atoms with Gasteiger partial charge in [-0.05, 0) is 12.8 Å². The van der Waals surface area contributed by atoms with Gasteiger partial charge in [0.05, 0.1) is 19.2 Å². The summed E-state index contributed by atoms with van der Waals surface area (Å²) in [5.74, 6) is 0.109. The van der Waals surface area contributed by atoms with Gasteiger partial charge in [-0.15, -0.1) is 0 Å². The Bertz CT molecular complexity index is 758. The highest BCUT2D eigenvalue weighted by Crippen LogP contribution is 2.24. The highest BCUT2D eigenvalue weighted by Gasteiger charge is 2.27. The third-order valence-corrected chi connectivity index (χ3v) is 4.46. The summed E-state index contributed by atoms with van der Waals surface area (Å²) in [6.45, 7) is 1.75. The van der Waals surface area contributed by atoms with Crippen molar-refractivity contribution in [1.82, 2.24) is 24.0 Å². The second kappa shape index (κ2) is 6.49. The summed E-state index contributed by atoms with van der Waals surface area (Å²) in [7, 11) is 3.32. The minimum Gasteiger partial charge on any atom is -0.384 e. The average molecular weight is 319 g/mol. The molecule has 0 bridgehead atoms.